The Balaban J connectivity index is 2.88. The van der Waals surface area contributed by atoms with Crippen LogP contribution in [0.5, 0.6) is 0 Å². The van der Waals surface area contributed by atoms with Crippen molar-refractivity contribution < 1.29 is 22.7 Å². The summed E-state index contributed by atoms with van der Waals surface area (Å²) in [5.41, 5.74) is -0.0839. The van der Waals surface area contributed by atoms with Crippen molar-refractivity contribution in [3.05, 3.63) is 16.4 Å². The van der Waals surface area contributed by atoms with Gasteiger partial charge in [-0.3, -0.25) is 9.48 Å². The van der Waals surface area contributed by atoms with Crippen LogP contribution in [0.2, 0.25) is 0 Å². The summed E-state index contributed by atoms with van der Waals surface area (Å²) in [5, 5.41) is 3.81. The van der Waals surface area contributed by atoms with Crippen LogP contribution in [0, 0.1) is 0 Å². The molecule has 0 N–H and O–H groups in total. The molecular formula is C9H10BrF3N2O2. The second kappa shape index (κ2) is 5.63. The predicted molar refractivity (Wildman–Crippen MR) is 56.8 cm³/mol. The summed E-state index contributed by atoms with van der Waals surface area (Å²) < 4.78 is 42.6. The molecule has 96 valence electrons. The zero-order valence-electron chi connectivity index (χ0n) is 8.92. The van der Waals surface area contributed by atoms with Crippen molar-refractivity contribution in [2.75, 3.05) is 13.7 Å². The summed E-state index contributed by atoms with van der Waals surface area (Å²) in [5.74, 6) is -1.02. The molecule has 0 radical (unpaired) electrons. The molecular weight excluding hydrogens is 305 g/mol. The highest BCUT2D eigenvalue weighted by Gasteiger charge is 2.33. The van der Waals surface area contributed by atoms with Gasteiger partial charge in [-0.15, -0.1) is 0 Å². The first-order chi connectivity index (χ1) is 7.85. The summed E-state index contributed by atoms with van der Waals surface area (Å²) in [6.45, 7) is 0.488. The molecule has 8 heteroatoms. The van der Waals surface area contributed by atoms with E-state index >= 15 is 0 Å². The van der Waals surface area contributed by atoms with Crippen LogP contribution in [0.4, 0.5) is 13.2 Å². The summed E-state index contributed by atoms with van der Waals surface area (Å²) in [6, 6.07) is 0. The molecule has 1 aromatic rings. The number of hydrogen-bond acceptors (Lipinski definition) is 3. The Morgan fingerprint density at radius 1 is 1.59 bits per heavy atom. The van der Waals surface area contributed by atoms with Crippen LogP contribution in [-0.2, 0) is 11.3 Å². The highest BCUT2D eigenvalue weighted by molar-refractivity contribution is 9.10. The van der Waals surface area contributed by atoms with Crippen LogP contribution in [-0.4, -0.2) is 35.5 Å². The second-order valence-electron chi connectivity index (χ2n) is 3.27. The molecule has 0 aliphatic heterocycles. The molecule has 1 aromatic heterocycles. The lowest BCUT2D eigenvalue weighted by atomic mass is 10.2. The van der Waals surface area contributed by atoms with Gasteiger partial charge in [-0.2, -0.15) is 18.3 Å². The molecule has 4 nitrogen and oxygen atoms in total. The number of halogens is 4. The van der Waals surface area contributed by atoms with Crippen molar-refractivity contribution in [2.24, 2.45) is 0 Å². The number of carbonyl (C=O) groups excluding carboxylic acids is 1. The summed E-state index contributed by atoms with van der Waals surface area (Å²) in [7, 11) is 1.45. The van der Waals surface area contributed by atoms with Crippen molar-refractivity contribution in [1.29, 1.82) is 0 Å². The minimum absolute atomic E-state index is 0.0839. The van der Waals surface area contributed by atoms with Crippen LogP contribution < -0.4 is 0 Å². The molecule has 0 saturated heterocycles. The molecule has 0 spiro atoms. The van der Waals surface area contributed by atoms with E-state index in [0.717, 1.165) is 0 Å². The number of hydrogen-bond donors (Lipinski definition) is 0. The molecule has 17 heavy (non-hydrogen) atoms. The number of carbonyl (C=O) groups is 1. The highest BCUT2D eigenvalue weighted by atomic mass is 79.9. The summed E-state index contributed by atoms with van der Waals surface area (Å²) >= 11 is 3.00. The van der Waals surface area contributed by atoms with E-state index in [9.17, 15) is 18.0 Å². The van der Waals surface area contributed by atoms with Gasteiger partial charge >= 0.3 is 6.18 Å². The zero-order valence-corrected chi connectivity index (χ0v) is 10.5. The van der Waals surface area contributed by atoms with Crippen molar-refractivity contribution >= 4 is 21.7 Å². The maximum atomic E-state index is 12.1. The van der Waals surface area contributed by atoms with Crippen molar-refractivity contribution in [2.45, 2.75) is 19.1 Å². The monoisotopic (exact) mass is 314 g/mol. The second-order valence-corrected chi connectivity index (χ2v) is 4.13. The van der Waals surface area contributed by atoms with Gasteiger partial charge < -0.3 is 4.74 Å². The lowest BCUT2D eigenvalue weighted by Gasteiger charge is -2.08. The van der Waals surface area contributed by atoms with Crippen molar-refractivity contribution in [3.8, 4) is 0 Å². The SMILES string of the molecule is COCCn1ncc(Br)c1C(=O)CC(F)(F)F. The van der Waals surface area contributed by atoms with Gasteiger partial charge in [0.05, 0.1) is 23.8 Å². The largest absolute Gasteiger partial charge is 0.396 e. The van der Waals surface area contributed by atoms with Gasteiger partial charge in [0.2, 0.25) is 0 Å². The van der Waals surface area contributed by atoms with Crippen LogP contribution in [0.15, 0.2) is 10.7 Å². The smallest absolute Gasteiger partial charge is 0.383 e. The fourth-order valence-corrected chi connectivity index (χ4v) is 1.77. The number of nitrogens with zero attached hydrogens (tertiary/aromatic N) is 2. The Kier molecular flexibility index (Phi) is 4.70. The van der Waals surface area contributed by atoms with Gasteiger partial charge in [0.15, 0.2) is 5.78 Å². The Morgan fingerprint density at radius 2 is 2.24 bits per heavy atom. The predicted octanol–water partition coefficient (Wildman–Crippen LogP) is 2.43. The number of methoxy groups -OCH3 is 1. The summed E-state index contributed by atoms with van der Waals surface area (Å²) in [6.07, 6.45) is -4.73. The molecule has 0 bridgehead atoms. The van der Waals surface area contributed by atoms with E-state index in [1.807, 2.05) is 0 Å². The fraction of sp³-hybridized carbons (Fsp3) is 0.556. The first kappa shape index (κ1) is 14.2. The molecule has 0 fully saturated rings. The number of rotatable bonds is 5. The van der Waals surface area contributed by atoms with Crippen LogP contribution in [0.25, 0.3) is 0 Å². The lowest BCUT2D eigenvalue weighted by Crippen LogP contribution is -2.20. The Hall–Kier alpha value is -0.890. The average Bonchev–Trinajstić information content (AvgIpc) is 2.54. The van der Waals surface area contributed by atoms with Crippen molar-refractivity contribution in [1.82, 2.24) is 9.78 Å². The fourth-order valence-electron chi connectivity index (χ4n) is 1.25. The third kappa shape index (κ3) is 4.12. The third-order valence-electron chi connectivity index (χ3n) is 1.93. The number of aromatic nitrogens is 2. The van der Waals surface area contributed by atoms with E-state index in [0.29, 0.717) is 0 Å². The maximum absolute atomic E-state index is 12.1. The van der Waals surface area contributed by atoms with Crippen LogP contribution in [0.1, 0.15) is 16.9 Å². The van der Waals surface area contributed by atoms with E-state index in [4.69, 9.17) is 4.74 Å². The highest BCUT2D eigenvalue weighted by Crippen LogP contribution is 2.25. The molecule has 0 aromatic carbocycles. The van der Waals surface area contributed by atoms with Gasteiger partial charge in [-0.25, -0.2) is 0 Å². The van der Waals surface area contributed by atoms with Gasteiger partial charge in [0, 0.05) is 7.11 Å². The average molecular weight is 315 g/mol. The molecule has 0 atom stereocenters. The van der Waals surface area contributed by atoms with Gasteiger partial charge in [0.1, 0.15) is 12.1 Å². The maximum Gasteiger partial charge on any atom is 0.396 e. The number of ether oxygens (including phenoxy) is 1. The quantitative estimate of drug-likeness (QED) is 0.784. The Labute approximate surface area is 104 Å². The summed E-state index contributed by atoms with van der Waals surface area (Å²) in [4.78, 5) is 11.5. The first-order valence-corrected chi connectivity index (χ1v) is 5.44. The van der Waals surface area contributed by atoms with Gasteiger partial charge in [-0.05, 0) is 15.9 Å². The first-order valence-electron chi connectivity index (χ1n) is 4.65. The van der Waals surface area contributed by atoms with E-state index in [-0.39, 0.29) is 23.3 Å². The lowest BCUT2D eigenvalue weighted by molar-refractivity contribution is -0.125. The van der Waals surface area contributed by atoms with E-state index in [1.165, 1.54) is 18.0 Å². The normalized spacial score (nSPS) is 11.8. The number of Topliss-reactive ketones (excluding diaryl/α,β-unsaturated/α-hetero) is 1. The molecule has 0 aliphatic carbocycles. The molecule has 1 rings (SSSR count). The van der Waals surface area contributed by atoms with Crippen LogP contribution in [0.3, 0.4) is 0 Å². The Bertz CT molecular complexity index is 403. The topological polar surface area (TPSA) is 44.1 Å². The molecule has 0 amide bonds. The standard InChI is InChI=1S/C9H10BrF3N2O2/c1-17-3-2-15-8(6(10)5-14-15)7(16)4-9(11,12)13/h5H,2-4H2,1H3. The van der Waals surface area contributed by atoms with Gasteiger partial charge in [-0.1, -0.05) is 0 Å². The van der Waals surface area contributed by atoms with E-state index < -0.39 is 18.4 Å². The van der Waals surface area contributed by atoms with Gasteiger partial charge in [0.25, 0.3) is 0 Å². The minimum atomic E-state index is -4.52. The van der Waals surface area contributed by atoms with Crippen LogP contribution >= 0.6 is 15.9 Å². The third-order valence-corrected chi connectivity index (χ3v) is 2.51. The number of alkyl halides is 3. The number of ketones is 1. The zero-order chi connectivity index (χ0) is 13.1. The molecule has 0 unspecified atom stereocenters. The van der Waals surface area contributed by atoms with E-state index in [2.05, 4.69) is 21.0 Å². The van der Waals surface area contributed by atoms with E-state index in [1.54, 1.807) is 0 Å². The molecule has 0 saturated carbocycles. The Morgan fingerprint density at radius 3 is 2.76 bits per heavy atom. The van der Waals surface area contributed by atoms with Crippen molar-refractivity contribution in [3.63, 3.8) is 0 Å². The molecule has 0 aliphatic rings. The minimum Gasteiger partial charge on any atom is -0.383 e. The molecule has 1 heterocycles.